The zero-order valence-corrected chi connectivity index (χ0v) is 12.6. The van der Waals surface area contributed by atoms with Gasteiger partial charge in [-0.05, 0) is 49.9 Å². The topological polar surface area (TPSA) is 58.4 Å². The molecule has 116 valence electrons. The lowest BCUT2D eigenvalue weighted by atomic mass is 10.2. The van der Waals surface area contributed by atoms with E-state index in [9.17, 15) is 9.18 Å². The Morgan fingerprint density at radius 1 is 1.43 bits per heavy atom. The summed E-state index contributed by atoms with van der Waals surface area (Å²) < 4.78 is 13.0. The first kappa shape index (κ1) is 15.8. The molecule has 0 saturated heterocycles. The lowest BCUT2D eigenvalue weighted by molar-refractivity contribution is -0.116. The van der Waals surface area contributed by atoms with Crippen LogP contribution in [0.15, 0.2) is 18.2 Å². The largest absolute Gasteiger partial charge is 0.397 e. The summed E-state index contributed by atoms with van der Waals surface area (Å²) >= 11 is 0. The van der Waals surface area contributed by atoms with Crippen molar-refractivity contribution in [2.75, 3.05) is 30.7 Å². The van der Waals surface area contributed by atoms with E-state index >= 15 is 0 Å². The highest BCUT2D eigenvalue weighted by atomic mass is 19.1. The summed E-state index contributed by atoms with van der Waals surface area (Å²) in [6.45, 7) is 5.04. The second-order valence-corrected chi connectivity index (χ2v) is 5.77. The first-order valence-electron chi connectivity index (χ1n) is 7.65. The molecular formula is C16H24FN3O. The van der Waals surface area contributed by atoms with Gasteiger partial charge in [-0.25, -0.2) is 4.39 Å². The van der Waals surface area contributed by atoms with Crippen LogP contribution in [0.25, 0.3) is 0 Å². The van der Waals surface area contributed by atoms with Crippen LogP contribution in [0.2, 0.25) is 0 Å². The summed E-state index contributed by atoms with van der Waals surface area (Å²) in [5.74, 6) is 0.349. The van der Waals surface area contributed by atoms with Crippen LogP contribution in [0.5, 0.6) is 0 Å². The number of hydrogen-bond donors (Lipinski definition) is 2. The van der Waals surface area contributed by atoms with Gasteiger partial charge in [0, 0.05) is 19.5 Å². The number of anilines is 2. The van der Waals surface area contributed by atoms with Crippen molar-refractivity contribution in [3.8, 4) is 0 Å². The molecule has 1 fully saturated rings. The predicted octanol–water partition coefficient (Wildman–Crippen LogP) is 2.86. The van der Waals surface area contributed by atoms with Gasteiger partial charge in [0.25, 0.3) is 0 Å². The number of halogens is 1. The maximum absolute atomic E-state index is 13.0. The van der Waals surface area contributed by atoms with E-state index in [1.54, 1.807) is 0 Å². The molecule has 0 bridgehead atoms. The molecule has 1 saturated carbocycles. The molecule has 4 nitrogen and oxygen atoms in total. The summed E-state index contributed by atoms with van der Waals surface area (Å²) in [5, 5.41) is 2.75. The van der Waals surface area contributed by atoms with Crippen LogP contribution in [-0.2, 0) is 4.79 Å². The number of carbonyl (C=O) groups is 1. The first-order chi connectivity index (χ1) is 10.1. The standard InChI is InChI=1S/C16H24FN3O/c1-2-8-20(11-12-3-4-12)9-7-16(21)19-15-6-5-13(17)10-14(15)18/h5-6,10,12H,2-4,7-9,11,18H2,1H3,(H,19,21). The minimum atomic E-state index is -0.399. The average Bonchev–Trinajstić information content (AvgIpc) is 3.23. The number of hydrogen-bond acceptors (Lipinski definition) is 3. The van der Waals surface area contributed by atoms with Gasteiger partial charge in [0.05, 0.1) is 11.4 Å². The van der Waals surface area contributed by atoms with E-state index in [1.807, 2.05) is 0 Å². The smallest absolute Gasteiger partial charge is 0.225 e. The Hall–Kier alpha value is -1.62. The van der Waals surface area contributed by atoms with Crippen molar-refractivity contribution in [2.24, 2.45) is 5.92 Å². The normalized spacial score (nSPS) is 14.4. The number of nitrogens with zero attached hydrogens (tertiary/aromatic N) is 1. The molecule has 1 aliphatic rings. The molecule has 21 heavy (non-hydrogen) atoms. The second-order valence-electron chi connectivity index (χ2n) is 5.77. The van der Waals surface area contributed by atoms with Crippen LogP contribution in [0.3, 0.4) is 0 Å². The average molecular weight is 293 g/mol. The highest BCUT2D eigenvalue weighted by molar-refractivity contribution is 5.93. The van der Waals surface area contributed by atoms with Gasteiger partial charge in [0.2, 0.25) is 5.91 Å². The maximum atomic E-state index is 13.0. The van der Waals surface area contributed by atoms with Gasteiger partial charge in [0.1, 0.15) is 5.82 Å². The first-order valence-corrected chi connectivity index (χ1v) is 7.65. The summed E-state index contributed by atoms with van der Waals surface area (Å²) in [5.41, 5.74) is 6.42. The zero-order chi connectivity index (χ0) is 15.2. The summed E-state index contributed by atoms with van der Waals surface area (Å²) in [4.78, 5) is 14.3. The second kappa shape index (κ2) is 7.41. The van der Waals surface area contributed by atoms with Crippen molar-refractivity contribution in [1.29, 1.82) is 0 Å². The molecule has 1 aliphatic carbocycles. The van der Waals surface area contributed by atoms with Gasteiger partial charge in [-0.2, -0.15) is 0 Å². The van der Waals surface area contributed by atoms with Crippen molar-refractivity contribution < 1.29 is 9.18 Å². The molecule has 0 spiro atoms. The van der Waals surface area contributed by atoms with E-state index in [2.05, 4.69) is 17.1 Å². The number of amides is 1. The minimum Gasteiger partial charge on any atom is -0.397 e. The minimum absolute atomic E-state index is 0.0785. The molecule has 0 unspecified atom stereocenters. The number of rotatable bonds is 8. The Labute approximate surface area is 125 Å². The van der Waals surface area contributed by atoms with E-state index in [-0.39, 0.29) is 11.6 Å². The molecule has 5 heteroatoms. The molecule has 0 radical (unpaired) electrons. The molecule has 1 aromatic carbocycles. The molecule has 0 atom stereocenters. The highest BCUT2D eigenvalue weighted by Gasteiger charge is 2.24. The summed E-state index contributed by atoms with van der Waals surface area (Å²) in [6, 6.07) is 4.01. The summed E-state index contributed by atoms with van der Waals surface area (Å²) in [7, 11) is 0. The van der Waals surface area contributed by atoms with Crippen molar-refractivity contribution in [3.63, 3.8) is 0 Å². The van der Waals surface area contributed by atoms with E-state index in [1.165, 1.54) is 31.0 Å². The van der Waals surface area contributed by atoms with Gasteiger partial charge in [-0.15, -0.1) is 0 Å². The lowest BCUT2D eigenvalue weighted by Crippen LogP contribution is -2.30. The van der Waals surface area contributed by atoms with E-state index in [0.29, 0.717) is 12.1 Å². The van der Waals surface area contributed by atoms with E-state index in [0.717, 1.165) is 32.0 Å². The van der Waals surface area contributed by atoms with Gasteiger partial charge in [-0.1, -0.05) is 6.92 Å². The van der Waals surface area contributed by atoms with Crippen molar-refractivity contribution in [1.82, 2.24) is 4.90 Å². The molecular weight excluding hydrogens is 269 g/mol. The van der Waals surface area contributed by atoms with Crippen LogP contribution in [0.4, 0.5) is 15.8 Å². The third kappa shape index (κ3) is 5.34. The van der Waals surface area contributed by atoms with Crippen LogP contribution in [-0.4, -0.2) is 30.4 Å². The van der Waals surface area contributed by atoms with Crippen LogP contribution in [0, 0.1) is 11.7 Å². The Balaban J connectivity index is 1.79. The molecule has 2 rings (SSSR count). The number of nitrogens with one attached hydrogen (secondary N) is 1. The van der Waals surface area contributed by atoms with Crippen LogP contribution >= 0.6 is 0 Å². The fourth-order valence-corrected chi connectivity index (χ4v) is 2.40. The molecule has 3 N–H and O–H groups in total. The fraction of sp³-hybridized carbons (Fsp3) is 0.562. The Morgan fingerprint density at radius 3 is 2.81 bits per heavy atom. The quantitative estimate of drug-likeness (QED) is 0.725. The number of nitrogens with two attached hydrogens (primary N) is 1. The van der Waals surface area contributed by atoms with Gasteiger partial charge in [-0.3, -0.25) is 4.79 Å². The Bertz CT molecular complexity index is 488. The monoisotopic (exact) mass is 293 g/mol. The molecule has 0 aliphatic heterocycles. The fourth-order valence-electron chi connectivity index (χ4n) is 2.40. The van der Waals surface area contributed by atoms with Crippen LogP contribution in [0.1, 0.15) is 32.6 Å². The third-order valence-electron chi connectivity index (χ3n) is 3.70. The molecule has 1 aromatic rings. The Kier molecular flexibility index (Phi) is 5.56. The van der Waals surface area contributed by atoms with Crippen molar-refractivity contribution in [2.45, 2.75) is 32.6 Å². The predicted molar refractivity (Wildman–Crippen MR) is 83.5 cm³/mol. The number of benzene rings is 1. The highest BCUT2D eigenvalue weighted by Crippen LogP contribution is 2.29. The SMILES string of the molecule is CCCN(CCC(=O)Nc1ccc(F)cc1N)CC1CC1. The molecule has 0 heterocycles. The van der Waals surface area contributed by atoms with Crippen molar-refractivity contribution >= 4 is 17.3 Å². The van der Waals surface area contributed by atoms with E-state index in [4.69, 9.17) is 5.73 Å². The zero-order valence-electron chi connectivity index (χ0n) is 12.6. The third-order valence-corrected chi connectivity index (χ3v) is 3.70. The molecule has 0 aromatic heterocycles. The number of nitrogen functional groups attached to an aromatic ring is 1. The lowest BCUT2D eigenvalue weighted by Gasteiger charge is -2.21. The number of carbonyl (C=O) groups excluding carboxylic acids is 1. The maximum Gasteiger partial charge on any atom is 0.225 e. The molecule has 1 amide bonds. The van der Waals surface area contributed by atoms with Gasteiger partial charge >= 0.3 is 0 Å². The van der Waals surface area contributed by atoms with Gasteiger partial charge < -0.3 is 16.0 Å². The Morgan fingerprint density at radius 2 is 2.19 bits per heavy atom. The van der Waals surface area contributed by atoms with Gasteiger partial charge in [0.15, 0.2) is 0 Å². The van der Waals surface area contributed by atoms with Crippen molar-refractivity contribution in [3.05, 3.63) is 24.0 Å². The summed E-state index contributed by atoms with van der Waals surface area (Å²) in [6.07, 6.45) is 4.17. The van der Waals surface area contributed by atoms with E-state index < -0.39 is 5.82 Å². The van der Waals surface area contributed by atoms with Crippen LogP contribution < -0.4 is 11.1 Å².